The van der Waals surface area contributed by atoms with Gasteiger partial charge >= 0.3 is 6.18 Å². The van der Waals surface area contributed by atoms with Crippen LogP contribution < -0.4 is 4.74 Å². The van der Waals surface area contributed by atoms with Gasteiger partial charge in [0.05, 0.1) is 34.7 Å². The number of hydrogen-bond acceptors (Lipinski definition) is 6. The summed E-state index contributed by atoms with van der Waals surface area (Å²) in [6.07, 6.45) is 0.495. The fraction of sp³-hybridized carbons (Fsp3) is 0.419. The lowest BCUT2D eigenvalue weighted by Crippen LogP contribution is -2.79. The monoisotopic (exact) mass is 565 g/mol. The Morgan fingerprint density at radius 3 is 2.83 bits per heavy atom. The number of benzene rings is 2. The Bertz CT molecular complexity index is 1500. The summed E-state index contributed by atoms with van der Waals surface area (Å²) in [5.41, 5.74) is -1.25. The summed E-state index contributed by atoms with van der Waals surface area (Å²) in [4.78, 5) is 16.9. The van der Waals surface area contributed by atoms with Gasteiger partial charge in [-0.2, -0.15) is 18.4 Å². The van der Waals surface area contributed by atoms with Gasteiger partial charge in [0.1, 0.15) is 6.10 Å². The van der Waals surface area contributed by atoms with Crippen molar-refractivity contribution in [2.24, 2.45) is 0 Å². The summed E-state index contributed by atoms with van der Waals surface area (Å²) >= 11 is 0. The zero-order valence-electron chi connectivity index (χ0n) is 22.4. The molecule has 2 aliphatic carbocycles. The van der Waals surface area contributed by atoms with Gasteiger partial charge in [-0.1, -0.05) is 24.3 Å². The molecule has 2 N–H and O–H groups in total. The minimum atomic E-state index is -4.50. The van der Waals surface area contributed by atoms with E-state index in [1.807, 2.05) is 11.0 Å². The molecule has 10 heteroatoms. The van der Waals surface area contributed by atoms with Gasteiger partial charge < -0.3 is 19.8 Å². The van der Waals surface area contributed by atoms with Gasteiger partial charge in [0, 0.05) is 31.3 Å². The first-order valence-corrected chi connectivity index (χ1v) is 13.6. The number of piperidine rings is 1. The molecule has 2 aliphatic heterocycles. The highest BCUT2D eigenvalue weighted by Crippen LogP contribution is 2.66. The third kappa shape index (κ3) is 3.82. The summed E-state index contributed by atoms with van der Waals surface area (Å²) in [5, 5.41) is 33.5. The van der Waals surface area contributed by atoms with Crippen molar-refractivity contribution in [3.05, 3.63) is 77.4 Å². The summed E-state index contributed by atoms with van der Waals surface area (Å²) in [5.74, 6) is -0.218. The van der Waals surface area contributed by atoms with Crippen molar-refractivity contribution in [2.75, 3.05) is 13.6 Å². The van der Waals surface area contributed by atoms with Gasteiger partial charge in [0.2, 0.25) is 5.91 Å². The fourth-order valence-electron chi connectivity index (χ4n) is 7.83. The topological polar surface area (TPSA) is 97.0 Å². The van der Waals surface area contributed by atoms with Gasteiger partial charge in [-0.15, -0.1) is 6.58 Å². The lowest BCUT2D eigenvalue weighted by atomic mass is 9.47. The van der Waals surface area contributed by atoms with Crippen LogP contribution in [-0.4, -0.2) is 69.3 Å². The first-order chi connectivity index (χ1) is 19.5. The van der Waals surface area contributed by atoms with Crippen LogP contribution in [0.5, 0.6) is 11.5 Å². The van der Waals surface area contributed by atoms with Crippen molar-refractivity contribution in [1.82, 2.24) is 9.80 Å². The van der Waals surface area contributed by atoms with E-state index in [0.29, 0.717) is 31.4 Å². The first-order valence-electron chi connectivity index (χ1n) is 13.6. The first kappa shape index (κ1) is 27.4. The van der Waals surface area contributed by atoms with Crippen LogP contribution in [-0.2, 0) is 22.8 Å². The molecule has 4 aliphatic rings. The smallest absolute Gasteiger partial charge is 0.416 e. The quantitative estimate of drug-likeness (QED) is 0.417. The van der Waals surface area contributed by atoms with E-state index in [1.54, 1.807) is 19.2 Å². The standard InChI is InChI=1S/C31H30F3N3O4/c1-3-13-37-21(17-35)16-29-26-19-8-9-23(38)27(26)41-28(29)22(11-12-30(29,40)24(37)15-19)36(2)25(39)10-7-18-5-4-6-20(14-18)31(32,33)34/h3-10,14,21-22,24,28,38,40H,1,11-13,15-16H2,2H3/t21?,22-,24-,28+,29+,30-/m1/s1. The molecule has 2 aromatic carbocycles. The van der Waals surface area contributed by atoms with E-state index in [2.05, 4.69) is 12.6 Å². The van der Waals surface area contributed by atoms with Crippen molar-refractivity contribution in [2.45, 2.75) is 67.1 Å². The molecular weight excluding hydrogens is 535 g/mol. The minimum absolute atomic E-state index is 0.0625. The fourth-order valence-corrected chi connectivity index (χ4v) is 7.83. The van der Waals surface area contributed by atoms with E-state index >= 15 is 0 Å². The lowest BCUT2D eigenvalue weighted by Gasteiger charge is -2.65. The van der Waals surface area contributed by atoms with E-state index in [1.165, 1.54) is 29.2 Å². The van der Waals surface area contributed by atoms with Crippen molar-refractivity contribution in [1.29, 1.82) is 5.26 Å². The van der Waals surface area contributed by atoms with E-state index in [-0.39, 0.29) is 23.5 Å². The minimum Gasteiger partial charge on any atom is -0.504 e. The Labute approximate surface area is 235 Å². The number of ether oxygens (including phenoxy) is 1. The van der Waals surface area contributed by atoms with Crippen molar-refractivity contribution >= 4 is 12.0 Å². The van der Waals surface area contributed by atoms with Crippen LogP contribution in [0.1, 0.15) is 41.5 Å². The van der Waals surface area contributed by atoms with E-state index in [0.717, 1.165) is 17.7 Å². The zero-order chi connectivity index (χ0) is 29.3. The molecule has 1 spiro atoms. The number of likely N-dealkylation sites (N-methyl/N-ethyl adjacent to an activating group) is 1. The van der Waals surface area contributed by atoms with Crippen LogP contribution in [0.2, 0.25) is 0 Å². The molecule has 214 valence electrons. The van der Waals surface area contributed by atoms with Crippen LogP contribution in [0, 0.1) is 11.3 Å². The number of phenolic OH excluding ortho intramolecular Hbond substituents is 1. The zero-order valence-corrected chi connectivity index (χ0v) is 22.4. The molecule has 6 atom stereocenters. The summed E-state index contributed by atoms with van der Waals surface area (Å²) in [6, 6.07) is 9.06. The highest BCUT2D eigenvalue weighted by atomic mass is 19.4. The summed E-state index contributed by atoms with van der Waals surface area (Å²) in [6.45, 7) is 4.28. The molecule has 0 aromatic heterocycles. The highest BCUT2D eigenvalue weighted by molar-refractivity contribution is 5.92. The Balaban J connectivity index is 1.38. The van der Waals surface area contributed by atoms with Crippen molar-refractivity contribution in [3.8, 4) is 17.6 Å². The van der Waals surface area contributed by atoms with Crippen LogP contribution >= 0.6 is 0 Å². The Morgan fingerprint density at radius 2 is 2.12 bits per heavy atom. The van der Waals surface area contributed by atoms with Crippen LogP contribution in [0.15, 0.2) is 55.1 Å². The summed E-state index contributed by atoms with van der Waals surface area (Å²) in [7, 11) is 1.60. The van der Waals surface area contributed by atoms with Gasteiger partial charge in [-0.25, -0.2) is 0 Å². The van der Waals surface area contributed by atoms with Crippen LogP contribution in [0.4, 0.5) is 13.2 Å². The molecule has 1 unspecified atom stereocenters. The highest BCUT2D eigenvalue weighted by Gasteiger charge is 2.74. The maximum Gasteiger partial charge on any atom is 0.416 e. The largest absolute Gasteiger partial charge is 0.504 e. The summed E-state index contributed by atoms with van der Waals surface area (Å²) < 4.78 is 45.9. The van der Waals surface area contributed by atoms with Crippen LogP contribution in [0.25, 0.3) is 6.08 Å². The van der Waals surface area contributed by atoms with Gasteiger partial charge in [-0.05, 0) is 61.1 Å². The van der Waals surface area contributed by atoms with Crippen LogP contribution in [0.3, 0.4) is 0 Å². The molecule has 1 saturated heterocycles. The number of aromatic hydroxyl groups is 1. The number of carbonyl (C=O) groups is 1. The molecule has 0 radical (unpaired) electrons. The normalized spacial score (nSPS) is 31.7. The van der Waals surface area contributed by atoms with Crippen molar-refractivity contribution in [3.63, 3.8) is 0 Å². The third-order valence-electron chi connectivity index (χ3n) is 9.59. The average molecular weight is 566 g/mol. The molecule has 41 heavy (non-hydrogen) atoms. The lowest BCUT2D eigenvalue weighted by molar-refractivity contribution is -0.205. The Kier molecular flexibility index (Phi) is 6.25. The Hall–Kier alpha value is -3.81. The molecule has 2 heterocycles. The predicted molar refractivity (Wildman–Crippen MR) is 144 cm³/mol. The molecule has 1 saturated carbocycles. The number of amides is 1. The number of alkyl halides is 3. The average Bonchev–Trinajstić information content (AvgIpc) is 3.29. The maximum atomic E-state index is 13.4. The molecule has 6 rings (SSSR count). The molecule has 2 fully saturated rings. The number of nitrogens with zero attached hydrogens (tertiary/aromatic N) is 3. The van der Waals surface area contributed by atoms with E-state index in [9.17, 15) is 33.4 Å². The number of phenols is 1. The number of rotatable bonds is 5. The van der Waals surface area contributed by atoms with Gasteiger partial charge in [0.15, 0.2) is 11.5 Å². The second-order valence-corrected chi connectivity index (χ2v) is 11.4. The van der Waals surface area contributed by atoms with Gasteiger partial charge in [-0.3, -0.25) is 9.69 Å². The molecule has 7 nitrogen and oxygen atoms in total. The number of carbonyl (C=O) groups excluding carboxylic acids is 1. The van der Waals surface area contributed by atoms with E-state index < -0.39 is 52.9 Å². The van der Waals surface area contributed by atoms with Gasteiger partial charge in [0.25, 0.3) is 0 Å². The number of aliphatic hydroxyl groups is 1. The van der Waals surface area contributed by atoms with Crippen molar-refractivity contribution < 1.29 is 32.9 Å². The van der Waals surface area contributed by atoms with E-state index in [4.69, 9.17) is 4.74 Å². The molecule has 2 aromatic rings. The molecule has 2 bridgehead atoms. The maximum absolute atomic E-state index is 13.4. The number of likely N-dealkylation sites (tertiary alicyclic amines) is 1. The molecule has 1 amide bonds. The SMILES string of the molecule is C=CCN1C(C#N)C[C@]23c4c5ccc(O)c4O[C@H]2[C@H](N(C)C(=O)C=Cc2cccc(C(F)(F)F)c2)CC[C@@]3(O)[C@H]1C5. The number of nitriles is 1. The second kappa shape index (κ2) is 9.36. The molecular formula is C31H30F3N3O4. The Morgan fingerprint density at radius 1 is 1.34 bits per heavy atom. The number of hydrogen-bond donors (Lipinski definition) is 2. The predicted octanol–water partition coefficient (Wildman–Crippen LogP) is 4.18. The number of halogens is 3. The third-order valence-corrected chi connectivity index (χ3v) is 9.59. The second-order valence-electron chi connectivity index (χ2n) is 11.4.